The van der Waals surface area contributed by atoms with Crippen molar-refractivity contribution in [3.8, 4) is 11.5 Å². The van der Waals surface area contributed by atoms with Crippen molar-refractivity contribution in [2.24, 2.45) is 0 Å². The number of fused-ring (bicyclic) bond motifs is 2. The molecule has 5 nitrogen and oxygen atoms in total. The highest BCUT2D eigenvalue weighted by Crippen LogP contribution is 2.53. The van der Waals surface area contributed by atoms with Gasteiger partial charge >= 0.3 is 0 Å². The summed E-state index contributed by atoms with van der Waals surface area (Å²) in [6, 6.07) is 4.44. The van der Waals surface area contributed by atoms with Crippen LogP contribution in [0.25, 0.3) is 0 Å². The maximum atomic E-state index is 10.8. The smallest absolute Gasteiger partial charge is 0.231 e. The summed E-state index contributed by atoms with van der Waals surface area (Å²) >= 11 is 0. The number of ether oxygens (including phenoxy) is 3. The average molecular weight is 301 g/mol. The third kappa shape index (κ3) is 1.44. The Bertz CT molecular complexity index is 673. The maximum absolute atomic E-state index is 10.8. The van der Waals surface area contributed by atoms with Crippen LogP contribution in [-0.4, -0.2) is 48.7 Å². The molecule has 1 aromatic rings. The van der Waals surface area contributed by atoms with Crippen molar-refractivity contribution in [3.05, 3.63) is 35.4 Å². The molecule has 0 aromatic heterocycles. The lowest BCUT2D eigenvalue weighted by atomic mass is 9.65. The molecule has 4 aliphatic rings. The Morgan fingerprint density at radius 3 is 2.95 bits per heavy atom. The Morgan fingerprint density at radius 1 is 1.32 bits per heavy atom. The Labute approximate surface area is 129 Å². The third-order valence-corrected chi connectivity index (χ3v) is 5.73. The molecule has 22 heavy (non-hydrogen) atoms. The highest BCUT2D eigenvalue weighted by molar-refractivity contribution is 5.56. The van der Waals surface area contributed by atoms with Crippen molar-refractivity contribution in [1.29, 1.82) is 0 Å². The molecule has 0 saturated carbocycles. The first-order valence-corrected chi connectivity index (χ1v) is 7.79. The van der Waals surface area contributed by atoms with Crippen LogP contribution in [0.1, 0.15) is 17.5 Å². The van der Waals surface area contributed by atoms with Gasteiger partial charge in [-0.15, -0.1) is 0 Å². The van der Waals surface area contributed by atoms with Crippen molar-refractivity contribution in [3.63, 3.8) is 0 Å². The van der Waals surface area contributed by atoms with Gasteiger partial charge in [-0.1, -0.05) is 12.2 Å². The molecular formula is C17H19NO4. The van der Waals surface area contributed by atoms with E-state index in [4.69, 9.17) is 14.2 Å². The van der Waals surface area contributed by atoms with Crippen LogP contribution in [0.15, 0.2) is 24.3 Å². The molecule has 1 fully saturated rings. The summed E-state index contributed by atoms with van der Waals surface area (Å²) in [5, 5.41) is 10.8. The normalized spacial score (nSPS) is 40.5. The van der Waals surface area contributed by atoms with Crippen molar-refractivity contribution >= 4 is 0 Å². The second-order valence-corrected chi connectivity index (χ2v) is 6.63. The molecule has 1 aromatic carbocycles. The molecule has 1 aliphatic carbocycles. The number of methoxy groups -OCH3 is 1. The second kappa shape index (κ2) is 4.25. The van der Waals surface area contributed by atoms with Crippen LogP contribution < -0.4 is 9.47 Å². The number of benzene rings is 1. The van der Waals surface area contributed by atoms with Gasteiger partial charge in [0.15, 0.2) is 11.5 Å². The topological polar surface area (TPSA) is 51.2 Å². The molecule has 3 heterocycles. The summed E-state index contributed by atoms with van der Waals surface area (Å²) in [5.74, 6) is 1.61. The van der Waals surface area contributed by atoms with Crippen molar-refractivity contribution < 1.29 is 19.3 Å². The fourth-order valence-corrected chi connectivity index (χ4v) is 4.69. The van der Waals surface area contributed by atoms with E-state index < -0.39 is 6.10 Å². The van der Waals surface area contributed by atoms with Crippen LogP contribution in [0.5, 0.6) is 11.5 Å². The molecular weight excluding hydrogens is 282 g/mol. The van der Waals surface area contributed by atoms with Crippen molar-refractivity contribution in [2.45, 2.75) is 36.6 Å². The largest absolute Gasteiger partial charge is 0.454 e. The molecule has 5 rings (SSSR count). The zero-order chi connectivity index (χ0) is 14.9. The van der Waals surface area contributed by atoms with Crippen LogP contribution in [-0.2, 0) is 16.7 Å². The van der Waals surface area contributed by atoms with Gasteiger partial charge in [0.1, 0.15) is 0 Å². The lowest BCUT2D eigenvalue weighted by Crippen LogP contribution is -2.52. The fourth-order valence-electron chi connectivity index (χ4n) is 4.69. The summed E-state index contributed by atoms with van der Waals surface area (Å²) in [7, 11) is 1.75. The summed E-state index contributed by atoms with van der Waals surface area (Å²) in [5.41, 5.74) is 2.08. The minimum atomic E-state index is -0.395. The Morgan fingerprint density at radius 2 is 2.14 bits per heavy atom. The first-order valence-electron chi connectivity index (χ1n) is 7.79. The number of rotatable bonds is 1. The molecule has 3 aliphatic heterocycles. The average Bonchev–Trinajstić information content (AvgIpc) is 3.06. The van der Waals surface area contributed by atoms with E-state index in [1.807, 2.05) is 0 Å². The predicted molar refractivity (Wildman–Crippen MR) is 79.0 cm³/mol. The van der Waals surface area contributed by atoms with Gasteiger partial charge in [-0.2, -0.15) is 0 Å². The Hall–Kier alpha value is -1.56. The summed E-state index contributed by atoms with van der Waals surface area (Å²) in [6.45, 7) is 1.83. The van der Waals surface area contributed by atoms with E-state index in [9.17, 15) is 5.11 Å². The number of hydrogen-bond donors (Lipinski definition) is 1. The summed E-state index contributed by atoms with van der Waals surface area (Å²) in [4.78, 5) is 2.38. The van der Waals surface area contributed by atoms with E-state index in [1.54, 1.807) is 7.11 Å². The summed E-state index contributed by atoms with van der Waals surface area (Å²) in [6.07, 6.45) is 4.91. The van der Waals surface area contributed by atoms with Gasteiger partial charge < -0.3 is 19.3 Å². The quantitative estimate of drug-likeness (QED) is 0.790. The Balaban J connectivity index is 1.72. The van der Waals surface area contributed by atoms with E-state index in [0.717, 1.165) is 24.5 Å². The molecule has 5 atom stereocenters. The molecule has 0 spiro atoms. The van der Waals surface area contributed by atoms with Crippen LogP contribution in [0.4, 0.5) is 0 Å². The SMILES string of the molecule is CO[C@H]1C=C[C@@]23c4cc5c(cc4CN(CC2O)C3C1)OCO5. The fraction of sp³-hybridized carbons (Fsp3) is 0.529. The van der Waals surface area contributed by atoms with Crippen LogP contribution in [0.2, 0.25) is 0 Å². The van der Waals surface area contributed by atoms with Gasteiger partial charge in [0.25, 0.3) is 0 Å². The van der Waals surface area contributed by atoms with E-state index in [-0.39, 0.29) is 24.4 Å². The molecule has 1 saturated heterocycles. The molecule has 2 bridgehead atoms. The summed E-state index contributed by atoms with van der Waals surface area (Å²) < 4.78 is 16.6. The van der Waals surface area contributed by atoms with E-state index >= 15 is 0 Å². The van der Waals surface area contributed by atoms with Gasteiger partial charge in [-0.25, -0.2) is 0 Å². The van der Waals surface area contributed by atoms with Crippen molar-refractivity contribution in [1.82, 2.24) is 4.90 Å². The third-order valence-electron chi connectivity index (χ3n) is 5.73. The minimum Gasteiger partial charge on any atom is -0.454 e. The zero-order valence-electron chi connectivity index (χ0n) is 12.5. The predicted octanol–water partition coefficient (Wildman–Crippen LogP) is 1.19. The van der Waals surface area contributed by atoms with Gasteiger partial charge in [0.05, 0.1) is 17.6 Å². The lowest BCUT2D eigenvalue weighted by molar-refractivity contribution is 0.0660. The van der Waals surface area contributed by atoms with E-state index in [0.29, 0.717) is 6.54 Å². The van der Waals surface area contributed by atoms with Crippen LogP contribution in [0, 0.1) is 0 Å². The highest BCUT2D eigenvalue weighted by atomic mass is 16.7. The maximum Gasteiger partial charge on any atom is 0.231 e. The van der Waals surface area contributed by atoms with Gasteiger partial charge in [-0.3, -0.25) is 4.90 Å². The molecule has 5 heteroatoms. The van der Waals surface area contributed by atoms with Gasteiger partial charge in [-0.05, 0) is 29.7 Å². The van der Waals surface area contributed by atoms with Gasteiger partial charge in [0.2, 0.25) is 6.79 Å². The first kappa shape index (κ1) is 12.9. The van der Waals surface area contributed by atoms with Crippen LogP contribution >= 0.6 is 0 Å². The number of aliphatic hydroxyl groups is 1. The lowest BCUT2D eigenvalue weighted by Gasteiger charge is -2.46. The monoisotopic (exact) mass is 301 g/mol. The number of aliphatic hydroxyl groups excluding tert-OH is 1. The second-order valence-electron chi connectivity index (χ2n) is 6.63. The van der Waals surface area contributed by atoms with E-state index in [1.165, 1.54) is 11.1 Å². The molecule has 116 valence electrons. The zero-order valence-corrected chi connectivity index (χ0v) is 12.5. The molecule has 0 radical (unpaired) electrons. The number of hydrogen-bond acceptors (Lipinski definition) is 5. The van der Waals surface area contributed by atoms with Crippen LogP contribution in [0.3, 0.4) is 0 Å². The molecule has 1 N–H and O–H groups in total. The molecule has 3 unspecified atom stereocenters. The Kier molecular flexibility index (Phi) is 2.50. The first-order chi connectivity index (χ1) is 10.7. The number of nitrogens with zero attached hydrogens (tertiary/aromatic N) is 1. The van der Waals surface area contributed by atoms with Gasteiger partial charge in [0, 0.05) is 26.2 Å². The van der Waals surface area contributed by atoms with Crippen molar-refractivity contribution in [2.75, 3.05) is 20.4 Å². The minimum absolute atomic E-state index is 0.126. The standard InChI is InChI=1S/C17H19NO4/c1-20-11-2-3-17-12-6-14-13(21-9-22-14)4-10(12)7-18(8-16(17)19)15(17)5-11/h2-4,6,11,15-16,19H,5,7-9H2,1H3/t11-,15?,16?,17-/m0/s1. The molecule has 0 amide bonds. The van der Waals surface area contributed by atoms with E-state index in [2.05, 4.69) is 29.2 Å². The highest BCUT2D eigenvalue weighted by Gasteiger charge is 2.58.